The number of benzene rings is 2. The summed E-state index contributed by atoms with van der Waals surface area (Å²) in [5.74, 6) is 0.252. The molecule has 1 heterocycles. The quantitative estimate of drug-likeness (QED) is 0.375. The Bertz CT molecular complexity index is 771. The molecule has 0 bridgehead atoms. The Hall–Kier alpha value is -3.09. The van der Waals surface area contributed by atoms with Gasteiger partial charge in [-0.1, -0.05) is 6.07 Å². The van der Waals surface area contributed by atoms with Crippen LogP contribution in [0, 0.1) is 17.0 Å². The van der Waals surface area contributed by atoms with Crippen molar-refractivity contribution in [3.8, 4) is 17.2 Å². The van der Waals surface area contributed by atoms with E-state index >= 15 is 0 Å². The molecule has 7 heteroatoms. The summed E-state index contributed by atoms with van der Waals surface area (Å²) in [7, 11) is 0. The van der Waals surface area contributed by atoms with Crippen LogP contribution in [0.25, 0.3) is 0 Å². The lowest BCUT2D eigenvalue weighted by Crippen LogP contribution is -2.10. The number of hydrogen-bond acceptors (Lipinski definition) is 6. The Kier molecular flexibility index (Phi) is 3.38. The second-order valence-corrected chi connectivity index (χ2v) is 4.64. The fourth-order valence-corrected chi connectivity index (χ4v) is 2.06. The summed E-state index contributed by atoms with van der Waals surface area (Å²) in [5, 5.41) is 10.8. The predicted molar refractivity (Wildman–Crippen MR) is 75.4 cm³/mol. The topological polar surface area (TPSA) is 87.9 Å². The van der Waals surface area contributed by atoms with E-state index in [2.05, 4.69) is 0 Å². The normalized spacial score (nSPS) is 12.0. The molecule has 0 aliphatic carbocycles. The molecule has 0 amide bonds. The van der Waals surface area contributed by atoms with Gasteiger partial charge in [0.15, 0.2) is 11.5 Å². The lowest BCUT2D eigenvalue weighted by atomic mass is 10.1. The highest BCUT2D eigenvalue weighted by Crippen LogP contribution is 2.36. The van der Waals surface area contributed by atoms with Gasteiger partial charge in [-0.25, -0.2) is 4.79 Å². The first-order valence-corrected chi connectivity index (χ1v) is 6.42. The van der Waals surface area contributed by atoms with Crippen LogP contribution in [-0.4, -0.2) is 17.7 Å². The van der Waals surface area contributed by atoms with E-state index in [0.717, 1.165) is 0 Å². The summed E-state index contributed by atoms with van der Waals surface area (Å²) in [4.78, 5) is 22.5. The smallest absolute Gasteiger partial charge is 0.347 e. The second-order valence-electron chi connectivity index (χ2n) is 4.64. The zero-order chi connectivity index (χ0) is 15.7. The van der Waals surface area contributed by atoms with Crippen molar-refractivity contribution in [1.82, 2.24) is 0 Å². The van der Waals surface area contributed by atoms with Gasteiger partial charge in [-0.15, -0.1) is 0 Å². The molecule has 3 rings (SSSR count). The van der Waals surface area contributed by atoms with Gasteiger partial charge in [0.1, 0.15) is 11.3 Å². The van der Waals surface area contributed by atoms with Gasteiger partial charge in [0.2, 0.25) is 6.79 Å². The van der Waals surface area contributed by atoms with Crippen molar-refractivity contribution in [3.63, 3.8) is 0 Å². The Morgan fingerprint density at radius 3 is 2.86 bits per heavy atom. The highest BCUT2D eigenvalue weighted by atomic mass is 16.7. The van der Waals surface area contributed by atoms with Crippen molar-refractivity contribution >= 4 is 11.7 Å². The number of esters is 1. The number of fused-ring (bicyclic) bond motifs is 1. The number of nitrogens with zero attached hydrogens (tertiary/aromatic N) is 1. The van der Waals surface area contributed by atoms with Crippen LogP contribution in [0.3, 0.4) is 0 Å². The maximum Gasteiger partial charge on any atom is 0.347 e. The molecule has 0 N–H and O–H groups in total. The molecule has 112 valence electrons. The van der Waals surface area contributed by atoms with Crippen LogP contribution >= 0.6 is 0 Å². The Labute approximate surface area is 125 Å². The Morgan fingerprint density at radius 2 is 2.09 bits per heavy atom. The molecule has 0 radical (unpaired) electrons. The third-order valence-corrected chi connectivity index (χ3v) is 3.20. The lowest BCUT2D eigenvalue weighted by Gasteiger charge is -2.08. The molecule has 2 aromatic rings. The minimum Gasteiger partial charge on any atom is -0.454 e. The maximum atomic E-state index is 12.3. The Morgan fingerprint density at radius 1 is 1.27 bits per heavy atom. The zero-order valence-electron chi connectivity index (χ0n) is 11.6. The summed E-state index contributed by atoms with van der Waals surface area (Å²) >= 11 is 0. The molecule has 1 aliphatic heterocycles. The van der Waals surface area contributed by atoms with Crippen LogP contribution in [0.1, 0.15) is 15.9 Å². The number of nitro benzene ring substituents is 1. The molecule has 0 spiro atoms. The predicted octanol–water partition coefficient (Wildman–Crippen LogP) is 2.85. The van der Waals surface area contributed by atoms with E-state index in [1.807, 2.05) is 0 Å². The van der Waals surface area contributed by atoms with Gasteiger partial charge in [0, 0.05) is 6.07 Å². The third-order valence-electron chi connectivity index (χ3n) is 3.20. The van der Waals surface area contributed by atoms with Gasteiger partial charge < -0.3 is 14.2 Å². The van der Waals surface area contributed by atoms with E-state index in [4.69, 9.17) is 14.2 Å². The van der Waals surface area contributed by atoms with E-state index < -0.39 is 10.9 Å². The number of aryl methyl sites for hydroxylation is 1. The molecule has 22 heavy (non-hydrogen) atoms. The highest BCUT2D eigenvalue weighted by molar-refractivity contribution is 5.95. The first kappa shape index (κ1) is 13.9. The van der Waals surface area contributed by atoms with Crippen molar-refractivity contribution in [1.29, 1.82) is 0 Å². The number of nitro groups is 1. The number of ether oxygens (including phenoxy) is 3. The first-order chi connectivity index (χ1) is 10.6. The third kappa shape index (κ3) is 2.44. The van der Waals surface area contributed by atoms with Crippen LogP contribution in [0.5, 0.6) is 17.2 Å². The van der Waals surface area contributed by atoms with E-state index in [9.17, 15) is 14.9 Å². The van der Waals surface area contributed by atoms with Crippen LogP contribution < -0.4 is 14.2 Å². The van der Waals surface area contributed by atoms with Crippen LogP contribution in [0.4, 0.5) is 5.69 Å². The minimum absolute atomic E-state index is 0.0372. The molecule has 0 atom stereocenters. The van der Waals surface area contributed by atoms with Crippen molar-refractivity contribution in [2.75, 3.05) is 6.79 Å². The highest BCUT2D eigenvalue weighted by Gasteiger charge is 2.24. The van der Waals surface area contributed by atoms with Crippen LogP contribution in [-0.2, 0) is 0 Å². The van der Waals surface area contributed by atoms with E-state index in [1.54, 1.807) is 25.1 Å². The fraction of sp³-hybridized carbons (Fsp3) is 0.133. The van der Waals surface area contributed by atoms with E-state index in [1.165, 1.54) is 18.2 Å². The monoisotopic (exact) mass is 301 g/mol. The first-order valence-electron chi connectivity index (χ1n) is 6.42. The zero-order valence-corrected chi connectivity index (χ0v) is 11.6. The number of carbonyl (C=O) groups excluding carboxylic acids is 1. The van der Waals surface area contributed by atoms with E-state index in [0.29, 0.717) is 17.1 Å². The van der Waals surface area contributed by atoms with Crippen LogP contribution in [0.2, 0.25) is 0 Å². The molecule has 0 saturated carbocycles. The van der Waals surface area contributed by atoms with Crippen LogP contribution in [0.15, 0.2) is 36.4 Å². The van der Waals surface area contributed by atoms with Gasteiger partial charge in [0.05, 0.1) is 11.0 Å². The average molecular weight is 301 g/mol. The number of carbonyl (C=O) groups is 1. The van der Waals surface area contributed by atoms with E-state index in [-0.39, 0.29) is 23.8 Å². The second kappa shape index (κ2) is 5.36. The molecule has 0 unspecified atom stereocenters. The molecule has 0 saturated heterocycles. The standard InChI is InChI=1S/C15H11NO6/c1-9-5-6-10(16(18)19)7-13(9)22-15(17)11-3-2-4-12-14(11)21-8-20-12/h2-7H,8H2,1H3. The number of non-ortho nitro benzene ring substituents is 1. The van der Waals surface area contributed by atoms with Gasteiger partial charge >= 0.3 is 5.97 Å². The summed E-state index contributed by atoms with van der Waals surface area (Å²) in [5.41, 5.74) is 0.677. The molecule has 0 fully saturated rings. The minimum atomic E-state index is -0.661. The number of para-hydroxylation sites is 1. The SMILES string of the molecule is Cc1ccc([N+](=O)[O-])cc1OC(=O)c1cccc2c1OCO2. The molecule has 2 aromatic carbocycles. The summed E-state index contributed by atoms with van der Waals surface area (Å²) in [6.07, 6.45) is 0. The average Bonchev–Trinajstić information content (AvgIpc) is 2.97. The maximum absolute atomic E-state index is 12.3. The molecular weight excluding hydrogens is 290 g/mol. The number of hydrogen-bond donors (Lipinski definition) is 0. The van der Waals surface area contributed by atoms with Gasteiger partial charge in [-0.05, 0) is 30.7 Å². The molecule has 0 aromatic heterocycles. The number of rotatable bonds is 3. The summed E-state index contributed by atoms with van der Waals surface area (Å²) in [6, 6.07) is 8.96. The van der Waals surface area contributed by atoms with Crippen molar-refractivity contribution < 1.29 is 23.9 Å². The molecule has 1 aliphatic rings. The fourth-order valence-electron chi connectivity index (χ4n) is 2.06. The largest absolute Gasteiger partial charge is 0.454 e. The lowest BCUT2D eigenvalue weighted by molar-refractivity contribution is -0.384. The van der Waals surface area contributed by atoms with Crippen molar-refractivity contribution in [3.05, 3.63) is 57.6 Å². The molecule has 7 nitrogen and oxygen atoms in total. The van der Waals surface area contributed by atoms with Crippen molar-refractivity contribution in [2.24, 2.45) is 0 Å². The van der Waals surface area contributed by atoms with Crippen molar-refractivity contribution in [2.45, 2.75) is 6.92 Å². The molecular formula is C15H11NO6. The van der Waals surface area contributed by atoms with Gasteiger partial charge in [-0.2, -0.15) is 0 Å². The summed E-state index contributed by atoms with van der Waals surface area (Å²) < 4.78 is 15.7. The Balaban J connectivity index is 1.91. The van der Waals surface area contributed by atoms with Gasteiger partial charge in [0.25, 0.3) is 5.69 Å². The summed E-state index contributed by atoms with van der Waals surface area (Å²) in [6.45, 7) is 1.73. The van der Waals surface area contributed by atoms with Gasteiger partial charge in [-0.3, -0.25) is 10.1 Å².